The summed E-state index contributed by atoms with van der Waals surface area (Å²) in [5, 5.41) is 10.6. The van der Waals surface area contributed by atoms with Crippen LogP contribution in [0, 0.1) is 11.3 Å². The van der Waals surface area contributed by atoms with Crippen LogP contribution in [0.4, 0.5) is 0 Å². The molecule has 5 nitrogen and oxygen atoms in total. The zero-order valence-electron chi connectivity index (χ0n) is 16.5. The maximum atomic E-state index is 13.1. The summed E-state index contributed by atoms with van der Waals surface area (Å²) in [5.41, 5.74) is 4.35. The fourth-order valence-corrected chi connectivity index (χ4v) is 4.00. The van der Waals surface area contributed by atoms with Crippen LogP contribution >= 0.6 is 27.5 Å². The van der Waals surface area contributed by atoms with Gasteiger partial charge in [-0.05, 0) is 57.2 Å². The van der Waals surface area contributed by atoms with Gasteiger partial charge in [0.25, 0.3) is 0 Å². The number of carbonyl (C=O) groups is 2. The molecule has 0 amide bonds. The average molecular weight is 463 g/mol. The molecule has 0 fully saturated rings. The van der Waals surface area contributed by atoms with Crippen molar-refractivity contribution in [2.45, 2.75) is 65.5 Å². The number of hydrogen-bond acceptors (Lipinski definition) is 4. The molecule has 0 aliphatic heterocycles. The lowest BCUT2D eigenvalue weighted by Crippen LogP contribution is -2.59. The number of benzene rings is 1. The van der Waals surface area contributed by atoms with E-state index in [-0.39, 0.29) is 6.42 Å². The molecular formula is C20H29BrClNO4. The number of esters is 1. The Hall–Kier alpha value is -1.11. The summed E-state index contributed by atoms with van der Waals surface area (Å²) >= 11 is 9.66. The van der Waals surface area contributed by atoms with Gasteiger partial charge in [-0.3, -0.25) is 9.59 Å². The molecule has 0 aliphatic rings. The molecule has 1 aromatic rings. The number of carboxylic acid groups (broad SMARTS) is 1. The highest BCUT2D eigenvalue weighted by molar-refractivity contribution is 9.10. The summed E-state index contributed by atoms with van der Waals surface area (Å²) in [5.74, 6) is -2.69. The second kappa shape index (κ2) is 9.39. The van der Waals surface area contributed by atoms with E-state index < -0.39 is 34.9 Å². The minimum atomic E-state index is -1.86. The van der Waals surface area contributed by atoms with E-state index in [0.29, 0.717) is 17.9 Å². The largest absolute Gasteiger partial charge is 0.480 e. The van der Waals surface area contributed by atoms with Crippen LogP contribution in [0.2, 0.25) is 5.02 Å². The third-order valence-corrected chi connectivity index (χ3v) is 5.44. The first-order valence-electron chi connectivity index (χ1n) is 9.02. The van der Waals surface area contributed by atoms with Crippen molar-refractivity contribution in [2.75, 3.05) is 0 Å². The number of nitrogens with two attached hydrogens (primary N) is 1. The fraction of sp³-hybridized carbons (Fsp3) is 0.600. The molecule has 3 atom stereocenters. The van der Waals surface area contributed by atoms with Gasteiger partial charge in [0, 0.05) is 15.5 Å². The third kappa shape index (κ3) is 5.69. The van der Waals surface area contributed by atoms with Crippen LogP contribution in [0.1, 0.15) is 53.0 Å². The van der Waals surface area contributed by atoms with Crippen LogP contribution in [0.25, 0.3) is 0 Å². The molecule has 0 bridgehead atoms. The predicted molar refractivity (Wildman–Crippen MR) is 111 cm³/mol. The molecule has 0 saturated carbocycles. The van der Waals surface area contributed by atoms with Gasteiger partial charge in [0.2, 0.25) is 0 Å². The first kappa shape index (κ1) is 23.9. The van der Waals surface area contributed by atoms with Crippen molar-refractivity contribution >= 4 is 39.5 Å². The summed E-state index contributed by atoms with van der Waals surface area (Å²) in [6.45, 7) is 8.74. The van der Waals surface area contributed by atoms with Gasteiger partial charge in [-0.2, -0.15) is 0 Å². The highest BCUT2D eigenvalue weighted by Gasteiger charge is 2.57. The SMILES string of the molecule is CCCC(N)C(C(=O)O)(C(=O)OC(C)(C)C)C(C)Cc1ccc(Br)cc1Cl. The molecule has 7 heteroatoms. The molecule has 0 aliphatic carbocycles. The van der Waals surface area contributed by atoms with Crippen molar-refractivity contribution < 1.29 is 19.4 Å². The van der Waals surface area contributed by atoms with Crippen molar-refractivity contribution in [3.8, 4) is 0 Å². The third-order valence-electron chi connectivity index (χ3n) is 4.59. The summed E-state index contributed by atoms with van der Waals surface area (Å²) in [6, 6.07) is 4.51. The van der Waals surface area contributed by atoms with E-state index in [1.54, 1.807) is 33.8 Å². The average Bonchev–Trinajstić information content (AvgIpc) is 2.48. The van der Waals surface area contributed by atoms with Crippen molar-refractivity contribution in [2.24, 2.45) is 17.1 Å². The van der Waals surface area contributed by atoms with Crippen molar-refractivity contribution in [1.29, 1.82) is 0 Å². The van der Waals surface area contributed by atoms with E-state index in [9.17, 15) is 14.7 Å². The Kier molecular flexibility index (Phi) is 8.32. The van der Waals surface area contributed by atoms with E-state index in [1.807, 2.05) is 19.1 Å². The Morgan fingerprint density at radius 1 is 1.33 bits per heavy atom. The van der Waals surface area contributed by atoms with Gasteiger partial charge in [0.05, 0.1) is 0 Å². The summed E-state index contributed by atoms with van der Waals surface area (Å²) in [4.78, 5) is 25.5. The number of carboxylic acids is 1. The Morgan fingerprint density at radius 2 is 1.93 bits per heavy atom. The Labute approximate surface area is 174 Å². The Morgan fingerprint density at radius 3 is 2.37 bits per heavy atom. The summed E-state index contributed by atoms with van der Waals surface area (Å²) < 4.78 is 6.32. The molecule has 1 rings (SSSR count). The van der Waals surface area contributed by atoms with E-state index >= 15 is 0 Å². The Bertz CT molecular complexity index is 689. The number of halogens is 2. The summed E-state index contributed by atoms with van der Waals surface area (Å²) in [7, 11) is 0. The van der Waals surface area contributed by atoms with Crippen LogP contribution in [0.5, 0.6) is 0 Å². The number of hydrogen-bond donors (Lipinski definition) is 2. The first-order chi connectivity index (χ1) is 12.4. The van der Waals surface area contributed by atoms with Crippen LogP contribution in [0.3, 0.4) is 0 Å². The lowest BCUT2D eigenvalue weighted by atomic mass is 9.67. The van der Waals surface area contributed by atoms with Crippen LogP contribution in [-0.4, -0.2) is 28.7 Å². The maximum absolute atomic E-state index is 13.1. The van der Waals surface area contributed by atoms with E-state index in [2.05, 4.69) is 15.9 Å². The highest BCUT2D eigenvalue weighted by Crippen LogP contribution is 2.39. The monoisotopic (exact) mass is 461 g/mol. The normalized spacial score (nSPS) is 16.3. The van der Waals surface area contributed by atoms with Crippen LogP contribution < -0.4 is 5.73 Å². The van der Waals surface area contributed by atoms with Crippen LogP contribution in [0.15, 0.2) is 22.7 Å². The topological polar surface area (TPSA) is 89.6 Å². The minimum absolute atomic E-state index is 0.287. The number of rotatable bonds is 8. The molecule has 0 saturated heterocycles. The standard InChI is InChI=1S/C20H29BrClNO4/c1-6-7-16(23)20(17(24)25,18(26)27-19(3,4)5)12(2)10-13-8-9-14(21)11-15(13)22/h8-9,11-12,16H,6-7,10,23H2,1-5H3,(H,24,25). The van der Waals surface area contributed by atoms with E-state index in [1.165, 1.54) is 0 Å². The number of carbonyl (C=O) groups excluding carboxylic acids is 1. The van der Waals surface area contributed by atoms with Crippen molar-refractivity contribution in [3.05, 3.63) is 33.3 Å². The first-order valence-corrected chi connectivity index (χ1v) is 10.2. The minimum Gasteiger partial charge on any atom is -0.480 e. The molecule has 0 aromatic heterocycles. The van der Waals surface area contributed by atoms with Gasteiger partial charge in [-0.15, -0.1) is 0 Å². The zero-order chi connectivity index (χ0) is 21.0. The van der Waals surface area contributed by atoms with Crippen molar-refractivity contribution in [1.82, 2.24) is 0 Å². The number of aliphatic carboxylic acids is 1. The quantitative estimate of drug-likeness (QED) is 0.427. The molecule has 27 heavy (non-hydrogen) atoms. The summed E-state index contributed by atoms with van der Waals surface area (Å²) in [6.07, 6.45) is 1.34. The fourth-order valence-electron chi connectivity index (χ4n) is 3.25. The second-order valence-electron chi connectivity index (χ2n) is 7.91. The lowest BCUT2D eigenvalue weighted by Gasteiger charge is -2.39. The van der Waals surface area contributed by atoms with Gasteiger partial charge >= 0.3 is 11.9 Å². The predicted octanol–water partition coefficient (Wildman–Crippen LogP) is 4.82. The van der Waals surface area contributed by atoms with Crippen molar-refractivity contribution in [3.63, 3.8) is 0 Å². The number of ether oxygens (including phenoxy) is 1. The second-order valence-corrected chi connectivity index (χ2v) is 9.24. The molecule has 152 valence electrons. The molecular weight excluding hydrogens is 434 g/mol. The van der Waals surface area contributed by atoms with Gasteiger partial charge in [-0.1, -0.05) is 53.9 Å². The van der Waals surface area contributed by atoms with Gasteiger partial charge in [0.15, 0.2) is 5.41 Å². The molecule has 3 unspecified atom stereocenters. The Balaban J connectivity index is 3.40. The maximum Gasteiger partial charge on any atom is 0.325 e. The smallest absolute Gasteiger partial charge is 0.325 e. The molecule has 0 spiro atoms. The van der Waals surface area contributed by atoms with Gasteiger partial charge in [-0.25, -0.2) is 0 Å². The van der Waals surface area contributed by atoms with Crippen LogP contribution in [-0.2, 0) is 20.7 Å². The van der Waals surface area contributed by atoms with E-state index in [4.69, 9.17) is 22.1 Å². The molecule has 1 aromatic carbocycles. The lowest BCUT2D eigenvalue weighted by molar-refractivity contribution is -0.183. The highest BCUT2D eigenvalue weighted by atomic mass is 79.9. The zero-order valence-corrected chi connectivity index (χ0v) is 18.9. The molecule has 0 radical (unpaired) electrons. The van der Waals surface area contributed by atoms with E-state index in [0.717, 1.165) is 10.0 Å². The molecule has 3 N–H and O–H groups in total. The van der Waals surface area contributed by atoms with Gasteiger partial charge in [0.1, 0.15) is 5.60 Å². The molecule has 0 heterocycles. The van der Waals surface area contributed by atoms with Gasteiger partial charge < -0.3 is 15.6 Å².